The lowest BCUT2D eigenvalue weighted by molar-refractivity contribution is -0.136. The molecule has 1 fully saturated rings. The van der Waals surface area contributed by atoms with Crippen molar-refractivity contribution in [3.8, 4) is 0 Å². The first kappa shape index (κ1) is 19.7. The van der Waals surface area contributed by atoms with Gasteiger partial charge in [-0.1, -0.05) is 30.3 Å². The molecule has 0 radical (unpaired) electrons. The van der Waals surface area contributed by atoms with E-state index in [2.05, 4.69) is 11.4 Å². The maximum Gasteiger partial charge on any atom is 0.491 e. The van der Waals surface area contributed by atoms with Gasteiger partial charge in [-0.2, -0.15) is 0 Å². The summed E-state index contributed by atoms with van der Waals surface area (Å²) in [5.41, 5.74) is 2.35. The molecule has 0 spiro atoms. The molecule has 1 aromatic rings. The highest BCUT2D eigenvalue weighted by Crippen LogP contribution is 2.38. The zero-order valence-electron chi connectivity index (χ0n) is 15.8. The van der Waals surface area contributed by atoms with Gasteiger partial charge in [0.2, 0.25) is 0 Å². The van der Waals surface area contributed by atoms with Crippen LogP contribution in [0.5, 0.6) is 0 Å². The molecule has 1 aliphatic rings. The second-order valence-corrected chi connectivity index (χ2v) is 7.47. The Labute approximate surface area is 150 Å². The Morgan fingerprint density at radius 2 is 1.72 bits per heavy atom. The largest absolute Gasteiger partial charge is 0.491 e. The highest BCUT2D eigenvalue weighted by molar-refractivity contribution is 6.55. The molecule has 0 aromatic heterocycles. The summed E-state index contributed by atoms with van der Waals surface area (Å²) in [5.74, 6) is -0.777. The van der Waals surface area contributed by atoms with E-state index >= 15 is 0 Å². The summed E-state index contributed by atoms with van der Waals surface area (Å²) in [5, 5.41) is 11.9. The molecule has 5 nitrogen and oxygen atoms in total. The SMILES string of the molecule is CNCC(=Cc1ccc(CCC(=O)O)cc1)B1OC(C)(C)C(C)(C)O1. The fourth-order valence-electron chi connectivity index (χ4n) is 2.65. The predicted octanol–water partition coefficient (Wildman–Crippen LogP) is 2.94. The first-order valence-electron chi connectivity index (χ1n) is 8.66. The topological polar surface area (TPSA) is 67.8 Å². The smallest absolute Gasteiger partial charge is 0.481 e. The van der Waals surface area contributed by atoms with Gasteiger partial charge in [-0.15, -0.1) is 0 Å². The molecule has 136 valence electrons. The molecule has 1 aliphatic heterocycles. The summed E-state index contributed by atoms with van der Waals surface area (Å²) in [6.07, 6.45) is 2.76. The van der Waals surface area contributed by atoms with Crippen LogP contribution in [0.15, 0.2) is 29.7 Å². The summed E-state index contributed by atoms with van der Waals surface area (Å²) in [6, 6.07) is 7.93. The molecule has 0 aliphatic carbocycles. The van der Waals surface area contributed by atoms with Crippen molar-refractivity contribution in [3.05, 3.63) is 40.9 Å². The first-order valence-corrected chi connectivity index (χ1v) is 8.66. The van der Waals surface area contributed by atoms with E-state index in [4.69, 9.17) is 14.4 Å². The van der Waals surface area contributed by atoms with Crippen LogP contribution in [-0.4, -0.2) is 43.0 Å². The number of carboxylic acids is 1. The van der Waals surface area contributed by atoms with Gasteiger partial charge in [-0.25, -0.2) is 0 Å². The average Bonchev–Trinajstić information content (AvgIpc) is 2.74. The van der Waals surface area contributed by atoms with Crippen LogP contribution in [0.25, 0.3) is 6.08 Å². The molecule has 0 atom stereocenters. The molecule has 2 rings (SSSR count). The Bertz CT molecular complexity index is 621. The fourth-order valence-corrected chi connectivity index (χ4v) is 2.65. The molecule has 1 aromatic carbocycles. The number of hydrogen-bond donors (Lipinski definition) is 2. The van der Waals surface area contributed by atoms with Gasteiger partial charge in [0.1, 0.15) is 0 Å². The number of carboxylic acid groups (broad SMARTS) is 1. The van der Waals surface area contributed by atoms with E-state index < -0.39 is 5.97 Å². The minimum atomic E-state index is -0.777. The Morgan fingerprint density at radius 3 is 2.20 bits per heavy atom. The van der Waals surface area contributed by atoms with E-state index in [1.165, 1.54) is 0 Å². The lowest BCUT2D eigenvalue weighted by Gasteiger charge is -2.32. The van der Waals surface area contributed by atoms with Crippen molar-refractivity contribution < 1.29 is 19.2 Å². The lowest BCUT2D eigenvalue weighted by atomic mass is 9.77. The Morgan fingerprint density at radius 1 is 1.16 bits per heavy atom. The van der Waals surface area contributed by atoms with Crippen molar-refractivity contribution in [1.82, 2.24) is 5.32 Å². The van der Waals surface area contributed by atoms with Crippen molar-refractivity contribution in [2.24, 2.45) is 0 Å². The molecule has 0 amide bonds. The van der Waals surface area contributed by atoms with Crippen molar-refractivity contribution in [2.45, 2.75) is 51.7 Å². The monoisotopic (exact) mass is 345 g/mol. The number of rotatable bonds is 7. The van der Waals surface area contributed by atoms with Crippen molar-refractivity contribution in [3.63, 3.8) is 0 Å². The third kappa shape index (κ3) is 4.94. The molecular weight excluding hydrogens is 317 g/mol. The van der Waals surface area contributed by atoms with E-state index in [1.54, 1.807) is 0 Å². The molecule has 1 heterocycles. The zero-order valence-corrected chi connectivity index (χ0v) is 15.8. The van der Waals surface area contributed by atoms with Gasteiger partial charge in [0, 0.05) is 13.0 Å². The molecule has 0 bridgehead atoms. The summed E-state index contributed by atoms with van der Waals surface area (Å²) >= 11 is 0. The van der Waals surface area contributed by atoms with Gasteiger partial charge in [0.25, 0.3) is 0 Å². The molecule has 1 saturated heterocycles. The van der Waals surface area contributed by atoms with E-state index in [-0.39, 0.29) is 24.7 Å². The van der Waals surface area contributed by atoms with Gasteiger partial charge < -0.3 is 19.7 Å². The van der Waals surface area contributed by atoms with Gasteiger partial charge in [-0.3, -0.25) is 4.79 Å². The molecule has 0 saturated carbocycles. The number of aryl methyl sites for hydroxylation is 1. The third-order valence-corrected chi connectivity index (χ3v) is 4.90. The van der Waals surface area contributed by atoms with Gasteiger partial charge >= 0.3 is 13.1 Å². The van der Waals surface area contributed by atoms with Crippen LogP contribution in [0.2, 0.25) is 0 Å². The summed E-state index contributed by atoms with van der Waals surface area (Å²) in [6.45, 7) is 8.84. The molecule has 6 heteroatoms. The number of carbonyl (C=O) groups is 1. The van der Waals surface area contributed by atoms with Gasteiger partial charge in [-0.05, 0) is 57.8 Å². The van der Waals surface area contributed by atoms with Crippen LogP contribution in [0.4, 0.5) is 0 Å². The molecular formula is C19H28BNO4. The maximum atomic E-state index is 10.7. The second-order valence-electron chi connectivity index (χ2n) is 7.47. The Kier molecular flexibility index (Phi) is 6.09. The van der Waals surface area contributed by atoms with Crippen LogP contribution in [0.1, 0.15) is 45.2 Å². The van der Waals surface area contributed by atoms with E-state index in [1.807, 2.05) is 59.0 Å². The Hall–Kier alpha value is -1.63. The zero-order chi connectivity index (χ0) is 18.7. The highest BCUT2D eigenvalue weighted by atomic mass is 16.7. The van der Waals surface area contributed by atoms with Crippen LogP contribution in [-0.2, 0) is 20.5 Å². The van der Waals surface area contributed by atoms with Crippen LogP contribution in [0.3, 0.4) is 0 Å². The third-order valence-electron chi connectivity index (χ3n) is 4.90. The molecule has 25 heavy (non-hydrogen) atoms. The van der Waals surface area contributed by atoms with Crippen molar-refractivity contribution in [2.75, 3.05) is 13.6 Å². The average molecular weight is 345 g/mol. The van der Waals surface area contributed by atoms with Crippen LogP contribution in [0, 0.1) is 0 Å². The van der Waals surface area contributed by atoms with E-state index in [0.717, 1.165) is 16.6 Å². The number of nitrogens with one attached hydrogen (secondary N) is 1. The number of aliphatic carboxylic acids is 1. The lowest BCUT2D eigenvalue weighted by Crippen LogP contribution is -2.41. The van der Waals surface area contributed by atoms with Crippen LogP contribution < -0.4 is 5.32 Å². The maximum absolute atomic E-state index is 10.7. The minimum Gasteiger partial charge on any atom is -0.481 e. The Balaban J connectivity index is 2.16. The highest BCUT2D eigenvalue weighted by Gasteiger charge is 2.52. The van der Waals surface area contributed by atoms with Crippen molar-refractivity contribution in [1.29, 1.82) is 0 Å². The first-order chi connectivity index (χ1) is 11.6. The standard InChI is InChI=1S/C19H28BNO4/c1-18(2)19(3,4)25-20(24-18)16(13-21-5)12-15-8-6-14(7-9-15)10-11-17(22)23/h6-9,12,21H,10-11,13H2,1-5H3,(H,22,23). The van der Waals surface area contributed by atoms with Crippen LogP contribution >= 0.6 is 0 Å². The normalized spacial score (nSPS) is 19.2. The van der Waals surface area contributed by atoms with E-state index in [9.17, 15) is 4.79 Å². The summed E-state index contributed by atoms with van der Waals surface area (Å²) < 4.78 is 12.3. The van der Waals surface area contributed by atoms with E-state index in [0.29, 0.717) is 13.0 Å². The summed E-state index contributed by atoms with van der Waals surface area (Å²) in [4.78, 5) is 10.7. The van der Waals surface area contributed by atoms with Gasteiger partial charge in [0.05, 0.1) is 11.2 Å². The fraction of sp³-hybridized carbons (Fsp3) is 0.526. The quantitative estimate of drug-likeness (QED) is 0.744. The number of hydrogen-bond acceptors (Lipinski definition) is 4. The molecule has 0 unspecified atom stereocenters. The predicted molar refractivity (Wildman–Crippen MR) is 100 cm³/mol. The number of likely N-dealkylation sites (N-methyl/N-ethyl adjacent to an activating group) is 1. The number of benzene rings is 1. The minimum absolute atomic E-state index is 0.147. The van der Waals surface area contributed by atoms with Gasteiger partial charge in [0.15, 0.2) is 0 Å². The molecule has 2 N–H and O–H groups in total. The van der Waals surface area contributed by atoms with Crippen molar-refractivity contribution >= 4 is 19.2 Å². The second kappa shape index (κ2) is 7.73. The summed E-state index contributed by atoms with van der Waals surface area (Å²) in [7, 11) is 1.51.